The van der Waals surface area contributed by atoms with Gasteiger partial charge in [-0.15, -0.1) is 13.2 Å². The molecule has 0 atom stereocenters. The monoisotopic (exact) mass is 436 g/mol. The highest BCUT2D eigenvalue weighted by atomic mass is 19.4. The van der Waals surface area contributed by atoms with Crippen LogP contribution in [0.1, 0.15) is 6.04 Å². The Balaban J connectivity index is 1.73. The third-order valence-electron chi connectivity index (χ3n) is 5.07. The topological polar surface area (TPSA) is 69.4 Å². The van der Waals surface area contributed by atoms with Crippen molar-refractivity contribution in [2.75, 3.05) is 13.1 Å². The van der Waals surface area contributed by atoms with Gasteiger partial charge in [-0.2, -0.15) is 0 Å². The molecule has 11 heteroatoms. The number of halogens is 4. The number of carbonyl (C=O) groups excluding carboxylic acids is 1. The average Bonchev–Trinajstić information content (AvgIpc) is 3.04. The Morgan fingerprint density at radius 3 is 2.45 bits per heavy atom. The first-order chi connectivity index (χ1) is 14.5. The van der Waals surface area contributed by atoms with E-state index in [4.69, 9.17) is 0 Å². The van der Waals surface area contributed by atoms with Gasteiger partial charge in [0.25, 0.3) is 11.5 Å². The lowest BCUT2D eigenvalue weighted by atomic mass is 10.0. The summed E-state index contributed by atoms with van der Waals surface area (Å²) in [4.78, 5) is 30.2. The van der Waals surface area contributed by atoms with Crippen molar-refractivity contribution in [2.24, 2.45) is 7.05 Å². The molecule has 0 aliphatic carbocycles. The maximum atomic E-state index is 13.1. The molecule has 3 heterocycles. The first-order valence-electron chi connectivity index (χ1n) is 9.11. The molecule has 1 aliphatic heterocycles. The number of amides is 1. The van der Waals surface area contributed by atoms with Crippen LogP contribution in [-0.2, 0) is 11.8 Å². The van der Waals surface area contributed by atoms with E-state index in [9.17, 15) is 27.2 Å². The number of rotatable bonds is 4. The molecule has 3 aromatic rings. The Bertz CT molecular complexity index is 1240. The molecule has 0 spiro atoms. The maximum Gasteiger partial charge on any atom is 0.573 e. The summed E-state index contributed by atoms with van der Waals surface area (Å²) in [5.41, 5.74) is 1.39. The van der Waals surface area contributed by atoms with Crippen LogP contribution in [0.25, 0.3) is 22.2 Å². The van der Waals surface area contributed by atoms with Crippen LogP contribution in [0.15, 0.2) is 54.0 Å². The summed E-state index contributed by atoms with van der Waals surface area (Å²) >= 11 is 0. The van der Waals surface area contributed by atoms with Crippen LogP contribution in [0, 0.1) is 0 Å². The van der Waals surface area contributed by atoms with E-state index >= 15 is 0 Å². The number of fused-ring (bicyclic) bond motifs is 1. The van der Waals surface area contributed by atoms with Gasteiger partial charge in [-0.05, 0) is 17.7 Å². The summed E-state index contributed by atoms with van der Waals surface area (Å²) < 4.78 is 57.2. The molecule has 0 radical (unpaired) electrons. The predicted octanol–water partition coefficient (Wildman–Crippen LogP) is 3.17. The van der Waals surface area contributed by atoms with Crippen molar-refractivity contribution in [2.45, 2.75) is 12.4 Å². The molecular weight excluding hydrogens is 420 g/mol. The minimum absolute atomic E-state index is 0.128. The standard InChI is InChI=1S/C20H16F4N4O3/c1-11(21)18(29)27-7-13(8-27)28-9-15(16-17(19(28)30)26(2)10-25-16)12-3-5-14(6-4-12)31-20(22,23)24/h3-6,9-10,13H,1,7-8H2,2H3. The van der Waals surface area contributed by atoms with Gasteiger partial charge >= 0.3 is 6.36 Å². The molecule has 1 amide bonds. The first kappa shape index (κ1) is 20.6. The Labute approximate surface area is 172 Å². The molecule has 162 valence electrons. The fourth-order valence-corrected chi connectivity index (χ4v) is 3.55. The van der Waals surface area contributed by atoms with Crippen molar-refractivity contribution in [3.8, 4) is 16.9 Å². The highest BCUT2D eigenvalue weighted by Crippen LogP contribution is 2.31. The van der Waals surface area contributed by atoms with E-state index in [1.807, 2.05) is 0 Å². The lowest BCUT2D eigenvalue weighted by molar-refractivity contribution is -0.274. The summed E-state index contributed by atoms with van der Waals surface area (Å²) in [6.07, 6.45) is -1.79. The molecule has 31 heavy (non-hydrogen) atoms. The van der Waals surface area contributed by atoms with Crippen LogP contribution in [0.2, 0.25) is 0 Å². The molecule has 1 saturated heterocycles. The lowest BCUT2D eigenvalue weighted by Crippen LogP contribution is -2.52. The maximum absolute atomic E-state index is 13.1. The summed E-state index contributed by atoms with van der Waals surface area (Å²) in [6.45, 7) is 3.24. The highest BCUT2D eigenvalue weighted by Gasteiger charge is 2.35. The predicted molar refractivity (Wildman–Crippen MR) is 103 cm³/mol. The minimum Gasteiger partial charge on any atom is -0.406 e. The molecular formula is C20H16F4N4O3. The molecule has 0 unspecified atom stereocenters. The van der Waals surface area contributed by atoms with Gasteiger partial charge in [0.2, 0.25) is 0 Å². The molecule has 7 nitrogen and oxygen atoms in total. The van der Waals surface area contributed by atoms with Gasteiger partial charge in [-0.3, -0.25) is 9.59 Å². The third-order valence-corrected chi connectivity index (χ3v) is 5.07. The number of imidazole rings is 1. The second kappa shape index (κ2) is 7.25. The summed E-state index contributed by atoms with van der Waals surface area (Å²) in [7, 11) is 1.65. The Kier molecular flexibility index (Phi) is 4.83. The van der Waals surface area contributed by atoms with E-state index in [2.05, 4.69) is 16.3 Å². The van der Waals surface area contributed by atoms with Gasteiger partial charge in [0, 0.05) is 31.9 Å². The zero-order valence-electron chi connectivity index (χ0n) is 16.2. The number of ether oxygens (including phenoxy) is 1. The van der Waals surface area contributed by atoms with Crippen LogP contribution in [0.4, 0.5) is 17.6 Å². The van der Waals surface area contributed by atoms with Crippen molar-refractivity contribution in [1.82, 2.24) is 19.0 Å². The van der Waals surface area contributed by atoms with Gasteiger partial charge < -0.3 is 18.8 Å². The number of pyridine rings is 1. The highest BCUT2D eigenvalue weighted by molar-refractivity contribution is 5.92. The fourth-order valence-electron chi connectivity index (χ4n) is 3.55. The molecule has 1 aliphatic rings. The van der Waals surface area contributed by atoms with E-state index < -0.39 is 18.1 Å². The minimum atomic E-state index is -4.80. The van der Waals surface area contributed by atoms with Gasteiger partial charge in [-0.1, -0.05) is 18.7 Å². The Hall–Kier alpha value is -3.63. The number of likely N-dealkylation sites (tertiary alicyclic amines) is 1. The number of alkyl halides is 3. The van der Waals surface area contributed by atoms with Gasteiger partial charge in [-0.25, -0.2) is 9.37 Å². The number of carbonyl (C=O) groups is 1. The van der Waals surface area contributed by atoms with Gasteiger partial charge in [0.05, 0.1) is 12.4 Å². The number of aromatic nitrogens is 3. The number of hydrogen-bond acceptors (Lipinski definition) is 4. The van der Waals surface area contributed by atoms with E-state index in [0.29, 0.717) is 22.2 Å². The van der Waals surface area contributed by atoms with Crippen molar-refractivity contribution < 1.29 is 27.1 Å². The normalized spacial score (nSPS) is 14.5. The van der Waals surface area contributed by atoms with E-state index in [1.165, 1.54) is 40.1 Å². The van der Waals surface area contributed by atoms with Crippen LogP contribution < -0.4 is 10.3 Å². The zero-order valence-corrected chi connectivity index (χ0v) is 16.2. The van der Waals surface area contributed by atoms with Crippen molar-refractivity contribution in [1.29, 1.82) is 0 Å². The van der Waals surface area contributed by atoms with E-state index in [1.54, 1.807) is 17.8 Å². The number of hydrogen-bond donors (Lipinski definition) is 0. The number of nitrogens with zero attached hydrogens (tertiary/aromatic N) is 4. The van der Waals surface area contributed by atoms with Crippen LogP contribution in [0.5, 0.6) is 5.75 Å². The Morgan fingerprint density at radius 2 is 1.87 bits per heavy atom. The number of aryl methyl sites for hydroxylation is 1. The van der Waals surface area contributed by atoms with Gasteiger partial charge in [0.1, 0.15) is 16.8 Å². The quantitative estimate of drug-likeness (QED) is 0.466. The second-order valence-corrected chi connectivity index (χ2v) is 7.15. The van der Waals surface area contributed by atoms with Crippen molar-refractivity contribution >= 4 is 16.9 Å². The molecule has 1 fully saturated rings. The van der Waals surface area contributed by atoms with E-state index in [0.717, 1.165) is 0 Å². The smallest absolute Gasteiger partial charge is 0.406 e. The third kappa shape index (κ3) is 3.78. The summed E-state index contributed by atoms with van der Waals surface area (Å²) in [5.74, 6) is -2.28. The van der Waals surface area contributed by atoms with Crippen LogP contribution in [0.3, 0.4) is 0 Å². The number of benzene rings is 1. The van der Waals surface area contributed by atoms with Crippen LogP contribution >= 0.6 is 0 Å². The molecule has 0 saturated carbocycles. The zero-order chi connectivity index (χ0) is 22.5. The van der Waals surface area contributed by atoms with Crippen molar-refractivity contribution in [3.05, 3.63) is 59.5 Å². The summed E-state index contributed by atoms with van der Waals surface area (Å²) in [5, 5.41) is 0. The lowest BCUT2D eigenvalue weighted by Gasteiger charge is -2.39. The molecule has 1 aromatic carbocycles. The fraction of sp³-hybridized carbons (Fsp3) is 0.250. The van der Waals surface area contributed by atoms with Crippen LogP contribution in [-0.4, -0.2) is 44.4 Å². The van der Waals surface area contributed by atoms with Crippen molar-refractivity contribution in [3.63, 3.8) is 0 Å². The molecule has 0 N–H and O–H groups in total. The second-order valence-electron chi connectivity index (χ2n) is 7.15. The molecule has 4 rings (SSSR count). The SMILES string of the molecule is C=C(F)C(=O)N1CC(n2cc(-c3ccc(OC(F)(F)F)cc3)c3ncn(C)c3c2=O)C1. The molecule has 0 bridgehead atoms. The first-order valence-corrected chi connectivity index (χ1v) is 9.11. The average molecular weight is 436 g/mol. The Morgan fingerprint density at radius 1 is 1.23 bits per heavy atom. The summed E-state index contributed by atoms with van der Waals surface area (Å²) in [6, 6.07) is 4.82. The molecule has 2 aromatic heterocycles. The van der Waals surface area contributed by atoms with Gasteiger partial charge in [0.15, 0.2) is 5.83 Å². The largest absolute Gasteiger partial charge is 0.573 e. The van der Waals surface area contributed by atoms with E-state index in [-0.39, 0.29) is 30.4 Å².